The van der Waals surface area contributed by atoms with Crippen LogP contribution in [0, 0.1) is 0 Å². The Hall–Kier alpha value is -3.25. The summed E-state index contributed by atoms with van der Waals surface area (Å²) in [5, 5.41) is 6.37. The number of carbonyl (C=O) groups excluding carboxylic acids is 1. The van der Waals surface area contributed by atoms with Crippen molar-refractivity contribution < 1.29 is 4.79 Å². The molecule has 1 amide bonds. The number of pyridine rings is 2. The van der Waals surface area contributed by atoms with Crippen molar-refractivity contribution >= 4 is 17.5 Å². The molecule has 6 nitrogen and oxygen atoms in total. The van der Waals surface area contributed by atoms with Gasteiger partial charge in [0.05, 0.1) is 12.6 Å². The van der Waals surface area contributed by atoms with Gasteiger partial charge in [0.25, 0.3) is 0 Å². The quantitative estimate of drug-likeness (QED) is 0.603. The van der Waals surface area contributed by atoms with Gasteiger partial charge < -0.3 is 10.6 Å². The summed E-state index contributed by atoms with van der Waals surface area (Å²) in [4.78, 5) is 23.8. The number of nitrogens with zero attached hydrogens (tertiary/aromatic N) is 3. The fraction of sp³-hybridized carbons (Fsp3) is 0.320. The van der Waals surface area contributed by atoms with E-state index in [1.165, 1.54) is 0 Å². The van der Waals surface area contributed by atoms with Crippen molar-refractivity contribution in [3.05, 3.63) is 84.2 Å². The lowest BCUT2D eigenvalue weighted by atomic mass is 9.93. The molecule has 160 valence electrons. The molecule has 3 aromatic rings. The number of hydrogen-bond donors (Lipinski definition) is 2. The molecular weight excluding hydrogens is 386 g/mol. The standard InChI is InChI=1S/C25H29N5O/c1-19(20-8-3-2-4-9-20)27-25(31)18-30-16-13-21(14-17-30)22-10-7-12-24(28-22)29-23-11-5-6-15-26-23/h2-12,15,19,21H,13-14,16-18H2,1H3,(H,27,31)(H,26,28,29)/t19-/m1/s1. The van der Waals surface area contributed by atoms with E-state index in [1.807, 2.05) is 67.6 Å². The molecule has 6 heteroatoms. The highest BCUT2D eigenvalue weighted by atomic mass is 16.2. The lowest BCUT2D eigenvalue weighted by Gasteiger charge is -2.31. The van der Waals surface area contributed by atoms with E-state index in [0.29, 0.717) is 12.5 Å². The average molecular weight is 416 g/mol. The summed E-state index contributed by atoms with van der Waals surface area (Å²) in [6.45, 7) is 4.27. The summed E-state index contributed by atoms with van der Waals surface area (Å²) in [5.74, 6) is 2.09. The SMILES string of the molecule is C[C@@H](NC(=O)CN1CCC(c2cccc(Nc3ccccn3)n2)CC1)c1ccccc1. The summed E-state index contributed by atoms with van der Waals surface area (Å²) < 4.78 is 0. The Bertz CT molecular complexity index is 971. The van der Waals surface area contributed by atoms with E-state index in [4.69, 9.17) is 4.98 Å². The molecule has 0 bridgehead atoms. The molecule has 4 rings (SSSR count). The van der Waals surface area contributed by atoms with Crippen LogP contribution in [0.1, 0.15) is 43.0 Å². The molecule has 3 heterocycles. The predicted octanol–water partition coefficient (Wildman–Crippen LogP) is 4.28. The van der Waals surface area contributed by atoms with E-state index < -0.39 is 0 Å². The third-order valence-corrected chi connectivity index (χ3v) is 5.74. The van der Waals surface area contributed by atoms with Gasteiger partial charge in [0.1, 0.15) is 11.6 Å². The van der Waals surface area contributed by atoms with Crippen LogP contribution in [0.4, 0.5) is 11.6 Å². The van der Waals surface area contributed by atoms with Crippen molar-refractivity contribution in [3.8, 4) is 0 Å². The first-order chi connectivity index (χ1) is 15.2. The molecule has 1 aliphatic rings. The Morgan fingerprint density at radius 3 is 2.48 bits per heavy atom. The molecular formula is C25H29N5O. The van der Waals surface area contributed by atoms with Gasteiger partial charge in [-0.25, -0.2) is 9.97 Å². The fourth-order valence-electron chi connectivity index (χ4n) is 4.02. The Kier molecular flexibility index (Phi) is 6.89. The van der Waals surface area contributed by atoms with Gasteiger partial charge in [0.2, 0.25) is 5.91 Å². The van der Waals surface area contributed by atoms with Crippen LogP contribution in [0.3, 0.4) is 0 Å². The number of likely N-dealkylation sites (tertiary alicyclic amines) is 1. The first-order valence-corrected chi connectivity index (χ1v) is 10.9. The van der Waals surface area contributed by atoms with Gasteiger partial charge in [-0.1, -0.05) is 42.5 Å². The van der Waals surface area contributed by atoms with Crippen LogP contribution in [0.25, 0.3) is 0 Å². The molecule has 0 saturated carbocycles. The highest BCUT2D eigenvalue weighted by Crippen LogP contribution is 2.27. The highest BCUT2D eigenvalue weighted by Gasteiger charge is 2.23. The molecule has 0 spiro atoms. The number of piperidine rings is 1. The normalized spacial score (nSPS) is 15.9. The lowest BCUT2D eigenvalue weighted by molar-refractivity contribution is -0.123. The van der Waals surface area contributed by atoms with Crippen molar-refractivity contribution in [1.82, 2.24) is 20.2 Å². The second-order valence-electron chi connectivity index (χ2n) is 8.04. The van der Waals surface area contributed by atoms with Gasteiger partial charge >= 0.3 is 0 Å². The summed E-state index contributed by atoms with van der Waals surface area (Å²) in [6, 6.07) is 22.0. The van der Waals surface area contributed by atoms with Crippen LogP contribution in [-0.2, 0) is 4.79 Å². The minimum atomic E-state index is 0.0183. The molecule has 1 aromatic carbocycles. The van der Waals surface area contributed by atoms with E-state index in [0.717, 1.165) is 48.8 Å². The number of hydrogen-bond acceptors (Lipinski definition) is 5. The zero-order chi connectivity index (χ0) is 21.5. The maximum Gasteiger partial charge on any atom is 0.234 e. The van der Waals surface area contributed by atoms with Gasteiger partial charge in [-0.3, -0.25) is 9.69 Å². The average Bonchev–Trinajstić information content (AvgIpc) is 2.81. The summed E-state index contributed by atoms with van der Waals surface area (Å²) >= 11 is 0. The molecule has 0 radical (unpaired) electrons. The van der Waals surface area contributed by atoms with Crippen LogP contribution >= 0.6 is 0 Å². The summed E-state index contributed by atoms with van der Waals surface area (Å²) in [6.07, 6.45) is 3.77. The molecule has 1 saturated heterocycles. The van der Waals surface area contributed by atoms with Gasteiger partial charge in [-0.2, -0.15) is 0 Å². The summed E-state index contributed by atoms with van der Waals surface area (Å²) in [7, 11) is 0. The first-order valence-electron chi connectivity index (χ1n) is 10.9. The largest absolute Gasteiger partial charge is 0.348 e. The van der Waals surface area contributed by atoms with Crippen molar-refractivity contribution in [3.63, 3.8) is 0 Å². The third-order valence-electron chi connectivity index (χ3n) is 5.74. The maximum absolute atomic E-state index is 12.5. The van der Waals surface area contributed by atoms with Crippen LogP contribution in [-0.4, -0.2) is 40.4 Å². The smallest absolute Gasteiger partial charge is 0.234 e. The Morgan fingerprint density at radius 1 is 1.00 bits per heavy atom. The lowest BCUT2D eigenvalue weighted by Crippen LogP contribution is -2.41. The molecule has 1 atom stereocenters. The molecule has 31 heavy (non-hydrogen) atoms. The molecule has 0 unspecified atom stereocenters. The molecule has 0 aliphatic carbocycles. The first kappa shape index (κ1) is 21.0. The van der Waals surface area contributed by atoms with E-state index in [1.54, 1.807) is 6.20 Å². The second kappa shape index (κ2) is 10.2. The highest BCUT2D eigenvalue weighted by molar-refractivity contribution is 5.78. The van der Waals surface area contributed by atoms with Crippen LogP contribution in [0.2, 0.25) is 0 Å². The van der Waals surface area contributed by atoms with E-state index in [2.05, 4.69) is 26.6 Å². The van der Waals surface area contributed by atoms with E-state index >= 15 is 0 Å². The molecule has 1 fully saturated rings. The number of amides is 1. The number of nitrogens with one attached hydrogen (secondary N) is 2. The van der Waals surface area contributed by atoms with E-state index in [9.17, 15) is 4.79 Å². The van der Waals surface area contributed by atoms with Crippen molar-refractivity contribution in [2.75, 3.05) is 25.0 Å². The van der Waals surface area contributed by atoms with Crippen LogP contribution in [0.5, 0.6) is 0 Å². The second-order valence-corrected chi connectivity index (χ2v) is 8.04. The molecule has 1 aliphatic heterocycles. The number of anilines is 2. The van der Waals surface area contributed by atoms with Gasteiger partial charge in [-0.05, 0) is 62.7 Å². The Morgan fingerprint density at radius 2 is 1.74 bits per heavy atom. The predicted molar refractivity (Wildman–Crippen MR) is 123 cm³/mol. The zero-order valence-corrected chi connectivity index (χ0v) is 17.9. The fourth-order valence-corrected chi connectivity index (χ4v) is 4.02. The molecule has 2 N–H and O–H groups in total. The third kappa shape index (κ3) is 5.89. The number of carbonyl (C=O) groups is 1. The molecule has 2 aromatic heterocycles. The number of aromatic nitrogens is 2. The topological polar surface area (TPSA) is 70.2 Å². The Balaban J connectivity index is 1.27. The van der Waals surface area contributed by atoms with Crippen LogP contribution in [0.15, 0.2) is 72.9 Å². The zero-order valence-electron chi connectivity index (χ0n) is 17.9. The minimum Gasteiger partial charge on any atom is -0.348 e. The van der Waals surface area contributed by atoms with Gasteiger partial charge in [-0.15, -0.1) is 0 Å². The van der Waals surface area contributed by atoms with Crippen molar-refractivity contribution in [2.45, 2.75) is 31.7 Å². The monoisotopic (exact) mass is 415 g/mol. The summed E-state index contributed by atoms with van der Waals surface area (Å²) in [5.41, 5.74) is 2.22. The van der Waals surface area contributed by atoms with Crippen molar-refractivity contribution in [2.24, 2.45) is 0 Å². The van der Waals surface area contributed by atoms with Crippen LogP contribution < -0.4 is 10.6 Å². The van der Waals surface area contributed by atoms with Crippen molar-refractivity contribution in [1.29, 1.82) is 0 Å². The van der Waals surface area contributed by atoms with Gasteiger partial charge in [0, 0.05) is 17.8 Å². The maximum atomic E-state index is 12.5. The number of benzene rings is 1. The van der Waals surface area contributed by atoms with Gasteiger partial charge in [0.15, 0.2) is 0 Å². The number of rotatable bonds is 7. The Labute approximate surface area is 183 Å². The van der Waals surface area contributed by atoms with E-state index in [-0.39, 0.29) is 11.9 Å². The minimum absolute atomic E-state index is 0.0183.